The lowest BCUT2D eigenvalue weighted by Gasteiger charge is -2.15. The van der Waals surface area contributed by atoms with E-state index < -0.39 is 6.49 Å². The first-order valence-electron chi connectivity index (χ1n) is 4.14. The number of carbonyl (C=O) groups excluding carboxylic acids is 1. The molecule has 3 nitrogen and oxygen atoms in total. The van der Waals surface area contributed by atoms with Gasteiger partial charge < -0.3 is 9.42 Å². The maximum absolute atomic E-state index is 10.6. The summed E-state index contributed by atoms with van der Waals surface area (Å²) >= 11 is 4.86. The molecule has 0 bridgehead atoms. The Bertz CT molecular complexity index is 378. The SMILES string of the molecule is CCP(O)(=S)Oc1ccccc1C=O. The van der Waals surface area contributed by atoms with Gasteiger partial charge in [0, 0.05) is 6.16 Å². The molecule has 1 N–H and O–H groups in total. The van der Waals surface area contributed by atoms with Crippen molar-refractivity contribution in [1.29, 1.82) is 0 Å². The minimum absolute atomic E-state index is 0.357. The van der Waals surface area contributed by atoms with Crippen LogP contribution in [0.25, 0.3) is 0 Å². The van der Waals surface area contributed by atoms with Gasteiger partial charge in [0.15, 0.2) is 6.29 Å². The molecular weight excluding hydrogens is 219 g/mol. The van der Waals surface area contributed by atoms with Crippen molar-refractivity contribution < 1.29 is 14.2 Å². The van der Waals surface area contributed by atoms with Crippen molar-refractivity contribution in [2.45, 2.75) is 6.92 Å². The van der Waals surface area contributed by atoms with E-state index in [1.807, 2.05) is 0 Å². The van der Waals surface area contributed by atoms with Crippen molar-refractivity contribution >= 4 is 24.6 Å². The van der Waals surface area contributed by atoms with Crippen molar-refractivity contribution in [2.75, 3.05) is 6.16 Å². The highest BCUT2D eigenvalue weighted by molar-refractivity contribution is 8.09. The topological polar surface area (TPSA) is 46.5 Å². The lowest BCUT2D eigenvalue weighted by atomic mass is 10.2. The third kappa shape index (κ3) is 2.91. The number of rotatable bonds is 4. The van der Waals surface area contributed by atoms with Crippen LogP contribution in [0.15, 0.2) is 24.3 Å². The predicted octanol–water partition coefficient (Wildman–Crippen LogP) is 2.20. The van der Waals surface area contributed by atoms with Gasteiger partial charge in [-0.25, -0.2) is 0 Å². The zero-order valence-corrected chi connectivity index (χ0v) is 9.42. The molecule has 0 saturated heterocycles. The van der Waals surface area contributed by atoms with Crippen LogP contribution < -0.4 is 4.52 Å². The fourth-order valence-electron chi connectivity index (χ4n) is 0.879. The van der Waals surface area contributed by atoms with Crippen LogP contribution in [0.1, 0.15) is 17.3 Å². The third-order valence-electron chi connectivity index (χ3n) is 1.69. The molecule has 5 heteroatoms. The lowest BCUT2D eigenvalue weighted by Crippen LogP contribution is -1.96. The summed E-state index contributed by atoms with van der Waals surface area (Å²) in [5.41, 5.74) is 0.407. The average Bonchev–Trinajstić information content (AvgIpc) is 2.18. The summed E-state index contributed by atoms with van der Waals surface area (Å²) in [5.74, 6) is 0.357. The van der Waals surface area contributed by atoms with E-state index >= 15 is 0 Å². The van der Waals surface area contributed by atoms with Gasteiger partial charge in [0.1, 0.15) is 5.75 Å². The van der Waals surface area contributed by atoms with Crippen molar-refractivity contribution in [1.82, 2.24) is 0 Å². The minimum atomic E-state index is -2.76. The van der Waals surface area contributed by atoms with Gasteiger partial charge >= 0.3 is 0 Å². The van der Waals surface area contributed by atoms with Crippen LogP contribution in [0, 0.1) is 0 Å². The second-order valence-electron chi connectivity index (χ2n) is 2.70. The van der Waals surface area contributed by atoms with Crippen LogP contribution >= 0.6 is 6.49 Å². The van der Waals surface area contributed by atoms with Gasteiger partial charge in [-0.2, -0.15) is 0 Å². The molecule has 0 fully saturated rings. The molecule has 0 aliphatic rings. The Morgan fingerprint density at radius 1 is 1.57 bits per heavy atom. The second-order valence-corrected chi connectivity index (χ2v) is 6.50. The summed E-state index contributed by atoms with van der Waals surface area (Å²) in [7, 11) is 0. The van der Waals surface area contributed by atoms with Gasteiger partial charge in [0.25, 0.3) is 0 Å². The molecule has 0 saturated carbocycles. The maximum Gasteiger partial charge on any atom is 0.235 e. The predicted molar refractivity (Wildman–Crippen MR) is 59.5 cm³/mol. The fourth-order valence-corrected chi connectivity index (χ4v) is 1.72. The van der Waals surface area contributed by atoms with Gasteiger partial charge in [-0.3, -0.25) is 4.79 Å². The average molecular weight is 230 g/mol. The first kappa shape index (κ1) is 11.4. The zero-order chi connectivity index (χ0) is 10.6. The second kappa shape index (κ2) is 4.69. The Morgan fingerprint density at radius 3 is 2.79 bits per heavy atom. The monoisotopic (exact) mass is 230 g/mol. The Labute approximate surface area is 87.9 Å². The Balaban J connectivity index is 2.97. The molecule has 0 aromatic heterocycles. The van der Waals surface area contributed by atoms with Crippen LogP contribution in [0.4, 0.5) is 0 Å². The summed E-state index contributed by atoms with van der Waals surface area (Å²) in [6, 6.07) is 6.70. The van der Waals surface area contributed by atoms with Crippen molar-refractivity contribution in [2.24, 2.45) is 0 Å². The highest BCUT2D eigenvalue weighted by atomic mass is 32.5. The van der Waals surface area contributed by atoms with Crippen molar-refractivity contribution in [3.8, 4) is 5.75 Å². The number of benzene rings is 1. The molecule has 14 heavy (non-hydrogen) atoms. The van der Waals surface area contributed by atoms with Crippen LogP contribution in [-0.4, -0.2) is 17.3 Å². The first-order valence-corrected chi connectivity index (χ1v) is 7.00. The van der Waals surface area contributed by atoms with Crippen LogP contribution in [0.2, 0.25) is 0 Å². The standard InChI is InChI=1S/C9H11O3PS/c1-2-13(11,14)12-9-6-4-3-5-8(9)7-10/h3-7H,2H2,1H3,(H,11,14). The Morgan fingerprint density at radius 2 is 2.21 bits per heavy atom. The molecule has 0 aliphatic heterocycles. The van der Waals surface area contributed by atoms with E-state index in [9.17, 15) is 9.69 Å². The Kier molecular flexibility index (Phi) is 3.81. The van der Waals surface area contributed by atoms with Gasteiger partial charge in [0.2, 0.25) is 6.49 Å². The number of para-hydroxylation sites is 1. The van der Waals surface area contributed by atoms with E-state index in [0.29, 0.717) is 23.8 Å². The quantitative estimate of drug-likeness (QED) is 0.636. The van der Waals surface area contributed by atoms with Crippen LogP contribution in [0.5, 0.6) is 5.75 Å². The van der Waals surface area contributed by atoms with Gasteiger partial charge in [0.05, 0.1) is 5.56 Å². The molecule has 1 aromatic rings. The molecule has 0 amide bonds. The molecule has 0 heterocycles. The first-order chi connectivity index (χ1) is 6.59. The Hall–Kier alpha value is -0.700. The minimum Gasteiger partial charge on any atom is -0.443 e. The zero-order valence-electron chi connectivity index (χ0n) is 7.71. The smallest absolute Gasteiger partial charge is 0.235 e. The third-order valence-corrected chi connectivity index (χ3v) is 3.97. The largest absolute Gasteiger partial charge is 0.443 e. The number of aldehydes is 1. The highest BCUT2D eigenvalue weighted by Gasteiger charge is 2.13. The van der Waals surface area contributed by atoms with Crippen LogP contribution in [-0.2, 0) is 11.8 Å². The highest BCUT2D eigenvalue weighted by Crippen LogP contribution is 2.43. The normalized spacial score (nSPS) is 14.4. The van der Waals surface area contributed by atoms with E-state index in [4.69, 9.17) is 16.3 Å². The molecule has 1 aromatic carbocycles. The molecule has 76 valence electrons. The summed E-state index contributed by atoms with van der Waals surface area (Å²) in [6.07, 6.45) is 1.07. The van der Waals surface area contributed by atoms with Crippen molar-refractivity contribution in [3.63, 3.8) is 0 Å². The lowest BCUT2D eigenvalue weighted by molar-refractivity contribution is 0.112. The number of hydrogen-bond acceptors (Lipinski definition) is 3. The van der Waals surface area contributed by atoms with Crippen molar-refractivity contribution in [3.05, 3.63) is 29.8 Å². The van der Waals surface area contributed by atoms with Gasteiger partial charge in [-0.15, -0.1) is 0 Å². The summed E-state index contributed by atoms with van der Waals surface area (Å²) < 4.78 is 5.22. The number of carbonyl (C=O) groups is 1. The molecule has 0 radical (unpaired) electrons. The summed E-state index contributed by atoms with van der Waals surface area (Å²) in [6.45, 7) is -1.01. The van der Waals surface area contributed by atoms with E-state index in [1.165, 1.54) is 0 Å². The molecular formula is C9H11O3PS. The van der Waals surface area contributed by atoms with Gasteiger partial charge in [-0.1, -0.05) is 19.1 Å². The fraction of sp³-hybridized carbons (Fsp3) is 0.222. The number of hydrogen-bond donors (Lipinski definition) is 1. The molecule has 0 spiro atoms. The summed E-state index contributed by atoms with van der Waals surface area (Å²) in [5, 5.41) is 0. The van der Waals surface area contributed by atoms with E-state index in [-0.39, 0.29) is 0 Å². The molecule has 1 unspecified atom stereocenters. The van der Waals surface area contributed by atoms with E-state index in [0.717, 1.165) is 0 Å². The van der Waals surface area contributed by atoms with Gasteiger partial charge in [-0.05, 0) is 23.9 Å². The van der Waals surface area contributed by atoms with E-state index in [2.05, 4.69) is 0 Å². The molecule has 1 rings (SSSR count). The van der Waals surface area contributed by atoms with E-state index in [1.54, 1.807) is 31.2 Å². The molecule has 0 aliphatic carbocycles. The van der Waals surface area contributed by atoms with Crippen LogP contribution in [0.3, 0.4) is 0 Å². The summed E-state index contributed by atoms with van der Waals surface area (Å²) in [4.78, 5) is 20.2. The maximum atomic E-state index is 10.6. The molecule has 1 atom stereocenters.